The molecule has 0 unspecified atom stereocenters. The Morgan fingerprint density at radius 1 is 0.840 bits per heavy atom. The molecule has 0 spiro atoms. The molecule has 0 fully saturated rings. The third-order valence-corrected chi connectivity index (χ3v) is 5.57. The third-order valence-electron chi connectivity index (χ3n) is 4.49. The van der Waals surface area contributed by atoms with Gasteiger partial charge in [0.2, 0.25) is 11.6 Å². The van der Waals surface area contributed by atoms with Gasteiger partial charge in [-0.1, -0.05) is 55.9 Å². The summed E-state index contributed by atoms with van der Waals surface area (Å²) in [4.78, 5) is 26.5. The summed E-state index contributed by atoms with van der Waals surface area (Å²) in [6, 6.07) is 18.0. The van der Waals surface area contributed by atoms with Crippen LogP contribution >= 0.6 is 11.8 Å². The quantitative estimate of drug-likeness (QED) is 0.579. The Morgan fingerprint density at radius 3 is 2.20 bits per heavy atom. The summed E-state index contributed by atoms with van der Waals surface area (Å²) >= 11 is 1.67. The summed E-state index contributed by atoms with van der Waals surface area (Å²) in [5.41, 5.74) is 2.41. The number of rotatable bonds is 4. The van der Waals surface area contributed by atoms with Crippen molar-refractivity contribution in [2.45, 2.75) is 30.1 Å². The van der Waals surface area contributed by atoms with Crippen molar-refractivity contribution in [2.24, 2.45) is 5.92 Å². The molecule has 0 radical (unpaired) electrons. The van der Waals surface area contributed by atoms with Gasteiger partial charge in [-0.25, -0.2) is 0 Å². The van der Waals surface area contributed by atoms with Crippen LogP contribution in [0, 0.1) is 5.92 Å². The fourth-order valence-electron chi connectivity index (χ4n) is 3.38. The topological polar surface area (TPSA) is 34.1 Å². The van der Waals surface area contributed by atoms with Crippen molar-refractivity contribution in [1.82, 2.24) is 0 Å². The molecule has 25 heavy (non-hydrogen) atoms. The molecule has 0 atom stereocenters. The lowest BCUT2D eigenvalue weighted by atomic mass is 10.0. The van der Waals surface area contributed by atoms with E-state index in [2.05, 4.69) is 38.1 Å². The lowest BCUT2D eigenvalue weighted by molar-refractivity contribution is 0.0825. The number of benzene rings is 3. The van der Waals surface area contributed by atoms with E-state index in [1.165, 1.54) is 5.56 Å². The lowest BCUT2D eigenvalue weighted by Gasteiger charge is -2.09. The average Bonchev–Trinajstić information content (AvgIpc) is 2.85. The van der Waals surface area contributed by atoms with E-state index in [1.807, 2.05) is 18.2 Å². The monoisotopic (exact) mass is 346 g/mol. The van der Waals surface area contributed by atoms with Crippen molar-refractivity contribution in [3.8, 4) is 0 Å². The first-order valence-electron chi connectivity index (χ1n) is 8.46. The molecular formula is C22H18O2S. The number of ketones is 2. The van der Waals surface area contributed by atoms with Crippen molar-refractivity contribution in [1.29, 1.82) is 0 Å². The Bertz CT molecular complexity index is 980. The minimum Gasteiger partial charge on any atom is -0.285 e. The summed E-state index contributed by atoms with van der Waals surface area (Å²) in [5, 5.41) is 1.78. The normalized spacial score (nSPS) is 13.2. The molecule has 4 rings (SSSR count). The Balaban J connectivity index is 1.72. The Hall–Kier alpha value is -2.39. The number of Topliss-reactive ketones (excluding diaryl/α,β-unsaturated/α-hetero) is 2. The van der Waals surface area contributed by atoms with Gasteiger partial charge in [-0.3, -0.25) is 9.59 Å². The molecule has 2 nitrogen and oxygen atoms in total. The standard InChI is InChI=1S/C22H18O2S/c1-13(2)12-14-6-8-15(9-7-14)25-19-11-10-18-20-16(19)4-3-5-17(20)21(23)22(18)24/h3-11,13H,12H2,1-2H3. The predicted molar refractivity (Wildman–Crippen MR) is 102 cm³/mol. The minimum absolute atomic E-state index is 0.388. The van der Waals surface area contributed by atoms with Gasteiger partial charge >= 0.3 is 0 Å². The van der Waals surface area contributed by atoms with Crippen LogP contribution in [0.25, 0.3) is 10.8 Å². The van der Waals surface area contributed by atoms with Gasteiger partial charge in [0.15, 0.2) is 0 Å². The van der Waals surface area contributed by atoms with Gasteiger partial charge < -0.3 is 0 Å². The van der Waals surface area contributed by atoms with E-state index in [4.69, 9.17) is 0 Å². The van der Waals surface area contributed by atoms with E-state index >= 15 is 0 Å². The molecule has 0 heterocycles. The maximum atomic E-state index is 12.1. The second kappa shape index (κ2) is 6.16. The van der Waals surface area contributed by atoms with Crippen molar-refractivity contribution >= 4 is 34.1 Å². The first-order chi connectivity index (χ1) is 12.0. The second-order valence-corrected chi connectivity index (χ2v) is 7.96. The second-order valence-electron chi connectivity index (χ2n) is 6.84. The van der Waals surface area contributed by atoms with Crippen LogP contribution in [0.1, 0.15) is 40.1 Å². The molecule has 0 aliphatic heterocycles. The zero-order chi connectivity index (χ0) is 17.6. The van der Waals surface area contributed by atoms with Crippen LogP contribution in [0.4, 0.5) is 0 Å². The van der Waals surface area contributed by atoms with E-state index in [-0.39, 0.29) is 11.6 Å². The molecule has 0 aromatic heterocycles. The molecule has 1 aliphatic carbocycles. The number of hydrogen-bond acceptors (Lipinski definition) is 3. The number of carbonyl (C=O) groups excluding carboxylic acids is 2. The van der Waals surface area contributed by atoms with Crippen LogP contribution in [-0.4, -0.2) is 11.6 Å². The highest BCUT2D eigenvalue weighted by Gasteiger charge is 2.31. The fraction of sp³-hybridized carbons (Fsp3) is 0.182. The fourth-order valence-corrected chi connectivity index (χ4v) is 4.33. The van der Waals surface area contributed by atoms with Crippen molar-refractivity contribution < 1.29 is 9.59 Å². The van der Waals surface area contributed by atoms with Gasteiger partial charge in [-0.2, -0.15) is 0 Å². The maximum absolute atomic E-state index is 12.1. The third kappa shape index (κ3) is 2.79. The number of carbonyl (C=O) groups is 2. The maximum Gasteiger partial charge on any atom is 0.234 e. The first kappa shape index (κ1) is 16.1. The molecular weight excluding hydrogens is 328 g/mol. The summed E-state index contributed by atoms with van der Waals surface area (Å²) in [5.74, 6) is -0.133. The van der Waals surface area contributed by atoms with Gasteiger partial charge in [0, 0.05) is 26.3 Å². The highest BCUT2D eigenvalue weighted by molar-refractivity contribution is 7.99. The van der Waals surface area contributed by atoms with Crippen molar-refractivity contribution in [3.63, 3.8) is 0 Å². The molecule has 0 saturated carbocycles. The average molecular weight is 346 g/mol. The Labute approximate surface area is 151 Å². The van der Waals surface area contributed by atoms with Crippen molar-refractivity contribution in [3.05, 3.63) is 71.3 Å². The molecule has 0 amide bonds. The smallest absolute Gasteiger partial charge is 0.234 e. The molecule has 3 aromatic carbocycles. The lowest BCUT2D eigenvalue weighted by Crippen LogP contribution is -2.05. The molecule has 0 bridgehead atoms. The summed E-state index contributed by atoms with van der Waals surface area (Å²) in [7, 11) is 0. The van der Waals surface area contributed by atoms with E-state index in [0.717, 1.165) is 27.0 Å². The van der Waals surface area contributed by atoms with Crippen LogP contribution in [0.5, 0.6) is 0 Å². The van der Waals surface area contributed by atoms with Crippen LogP contribution in [0.15, 0.2) is 64.4 Å². The van der Waals surface area contributed by atoms with E-state index in [9.17, 15) is 9.59 Å². The van der Waals surface area contributed by atoms with Gasteiger partial charge in [0.25, 0.3) is 0 Å². The van der Waals surface area contributed by atoms with Gasteiger partial charge in [0.1, 0.15) is 0 Å². The van der Waals surface area contributed by atoms with Crippen molar-refractivity contribution in [2.75, 3.05) is 0 Å². The van der Waals surface area contributed by atoms with Gasteiger partial charge in [-0.15, -0.1) is 0 Å². The van der Waals surface area contributed by atoms with Crippen LogP contribution < -0.4 is 0 Å². The highest BCUT2D eigenvalue weighted by atomic mass is 32.2. The molecule has 1 aliphatic rings. The zero-order valence-corrected chi connectivity index (χ0v) is 15.0. The Kier molecular flexibility index (Phi) is 3.97. The summed E-state index contributed by atoms with van der Waals surface area (Å²) in [6.45, 7) is 4.44. The van der Waals surface area contributed by atoms with Gasteiger partial charge in [0.05, 0.1) is 0 Å². The van der Waals surface area contributed by atoms with Crippen LogP contribution in [0.2, 0.25) is 0 Å². The zero-order valence-electron chi connectivity index (χ0n) is 14.2. The highest BCUT2D eigenvalue weighted by Crippen LogP contribution is 2.39. The first-order valence-corrected chi connectivity index (χ1v) is 9.28. The molecule has 124 valence electrons. The number of hydrogen-bond donors (Lipinski definition) is 0. The predicted octanol–water partition coefficient (Wildman–Crippen LogP) is 5.57. The van der Waals surface area contributed by atoms with Gasteiger partial charge in [-0.05, 0) is 47.6 Å². The summed E-state index contributed by atoms with van der Waals surface area (Å²) < 4.78 is 0. The SMILES string of the molecule is CC(C)Cc1ccc(Sc2ccc3c4c(cccc24)C(=O)C3=O)cc1. The van der Waals surface area contributed by atoms with E-state index in [1.54, 1.807) is 23.9 Å². The minimum atomic E-state index is -0.388. The molecule has 3 aromatic rings. The largest absolute Gasteiger partial charge is 0.285 e. The van der Waals surface area contributed by atoms with Crippen LogP contribution in [-0.2, 0) is 6.42 Å². The molecule has 0 saturated heterocycles. The van der Waals surface area contributed by atoms with E-state index < -0.39 is 0 Å². The van der Waals surface area contributed by atoms with E-state index in [0.29, 0.717) is 17.0 Å². The molecule has 0 N–H and O–H groups in total. The summed E-state index contributed by atoms with van der Waals surface area (Å²) in [6.07, 6.45) is 1.08. The molecule has 3 heteroatoms. The Morgan fingerprint density at radius 2 is 1.52 bits per heavy atom. The van der Waals surface area contributed by atoms with Crippen LogP contribution in [0.3, 0.4) is 0 Å².